The number of hydrogen-bond acceptors (Lipinski definition) is 5. The van der Waals surface area contributed by atoms with Crippen molar-refractivity contribution in [2.45, 2.75) is 26.1 Å². The molecule has 5 nitrogen and oxygen atoms in total. The van der Waals surface area contributed by atoms with Crippen molar-refractivity contribution >= 4 is 0 Å². The molecule has 1 atom stereocenters. The molecule has 0 saturated carbocycles. The van der Waals surface area contributed by atoms with Gasteiger partial charge in [0.1, 0.15) is 5.75 Å². The third kappa shape index (κ3) is 3.89. The van der Waals surface area contributed by atoms with Crippen molar-refractivity contribution in [1.29, 1.82) is 0 Å². The quantitative estimate of drug-likeness (QED) is 0.870. The topological polar surface area (TPSA) is 51.2 Å². The van der Waals surface area contributed by atoms with Crippen LogP contribution in [0, 0.1) is 0 Å². The highest BCUT2D eigenvalue weighted by molar-refractivity contribution is 5.48. The first-order valence-corrected chi connectivity index (χ1v) is 8.51. The number of rotatable bonds is 6. The minimum Gasteiger partial charge on any atom is -0.504 e. The first kappa shape index (κ1) is 17.6. The van der Waals surface area contributed by atoms with E-state index in [9.17, 15) is 5.11 Å². The minimum atomic E-state index is -0.0520. The molecule has 3 rings (SSSR count). The third-order valence-electron chi connectivity index (χ3n) is 4.54. The van der Waals surface area contributed by atoms with Crippen molar-refractivity contribution in [2.75, 3.05) is 27.4 Å². The fraction of sp³-hybridized carbons (Fsp3) is 0.400. The maximum absolute atomic E-state index is 10.1. The van der Waals surface area contributed by atoms with Gasteiger partial charge in [0.05, 0.1) is 20.3 Å². The Bertz CT molecular complexity index is 714. The molecule has 0 radical (unpaired) electrons. The Balaban J connectivity index is 1.83. The Morgan fingerprint density at radius 3 is 2.52 bits per heavy atom. The molecule has 1 aliphatic heterocycles. The summed E-state index contributed by atoms with van der Waals surface area (Å²) in [5.41, 5.74) is 3.41. The van der Waals surface area contributed by atoms with Crippen LogP contribution in [-0.4, -0.2) is 37.4 Å². The normalized spacial score (nSPS) is 17.2. The molecule has 1 N–H and O–H groups in total. The van der Waals surface area contributed by atoms with E-state index in [0.29, 0.717) is 12.4 Å². The zero-order valence-corrected chi connectivity index (χ0v) is 15.0. The lowest BCUT2D eigenvalue weighted by molar-refractivity contribution is 0.0172. The zero-order chi connectivity index (χ0) is 17.8. The molecule has 1 unspecified atom stereocenters. The molecule has 25 heavy (non-hydrogen) atoms. The summed E-state index contributed by atoms with van der Waals surface area (Å²) >= 11 is 0. The molecular weight excluding hydrogens is 318 g/mol. The van der Waals surface area contributed by atoms with Crippen LogP contribution in [0.15, 0.2) is 36.4 Å². The lowest BCUT2D eigenvalue weighted by Crippen LogP contribution is -2.34. The lowest BCUT2D eigenvalue weighted by atomic mass is 9.96. The number of phenols is 1. The number of aromatic hydroxyl groups is 1. The lowest BCUT2D eigenvalue weighted by Gasteiger charge is -2.34. The second-order valence-electron chi connectivity index (χ2n) is 6.18. The van der Waals surface area contributed by atoms with E-state index in [2.05, 4.69) is 17.0 Å². The second-order valence-corrected chi connectivity index (χ2v) is 6.18. The Hall–Kier alpha value is -2.24. The smallest absolute Gasteiger partial charge is 0.160 e. The summed E-state index contributed by atoms with van der Waals surface area (Å²) in [4.78, 5) is 2.35. The average Bonchev–Trinajstić information content (AvgIpc) is 2.62. The van der Waals surface area contributed by atoms with Crippen LogP contribution in [-0.2, 0) is 17.8 Å². The molecule has 2 aromatic rings. The minimum absolute atomic E-state index is 0.0520. The van der Waals surface area contributed by atoms with E-state index in [1.165, 1.54) is 5.56 Å². The van der Waals surface area contributed by atoms with Crippen LogP contribution >= 0.6 is 0 Å². The predicted octanol–water partition coefficient (Wildman–Crippen LogP) is 3.50. The number of hydrogen-bond donors (Lipinski definition) is 1. The van der Waals surface area contributed by atoms with Gasteiger partial charge in [-0.2, -0.15) is 0 Å². The van der Waals surface area contributed by atoms with Gasteiger partial charge in [-0.15, -0.1) is 0 Å². The molecule has 0 aromatic heterocycles. The van der Waals surface area contributed by atoms with E-state index in [0.717, 1.165) is 36.5 Å². The van der Waals surface area contributed by atoms with Gasteiger partial charge in [0.2, 0.25) is 0 Å². The summed E-state index contributed by atoms with van der Waals surface area (Å²) < 4.78 is 16.4. The van der Waals surface area contributed by atoms with Crippen LogP contribution in [0.4, 0.5) is 0 Å². The van der Waals surface area contributed by atoms with Gasteiger partial charge in [0, 0.05) is 26.2 Å². The number of benzene rings is 2. The standard InChI is InChI=1S/C20H25NO4/c1-4-25-20-13-21(11-14-5-7-16(23-2)8-6-14)12-15-9-19(24-3)18(22)10-17(15)20/h5-10,20,22H,4,11-13H2,1-3H3. The van der Waals surface area contributed by atoms with Gasteiger partial charge in [-0.1, -0.05) is 12.1 Å². The molecule has 0 aliphatic carbocycles. The van der Waals surface area contributed by atoms with Gasteiger partial charge < -0.3 is 19.3 Å². The summed E-state index contributed by atoms with van der Waals surface area (Å²) in [7, 11) is 3.24. The molecule has 0 saturated heterocycles. The molecule has 0 bridgehead atoms. The number of methoxy groups -OCH3 is 2. The van der Waals surface area contributed by atoms with Crippen LogP contribution < -0.4 is 9.47 Å². The fourth-order valence-corrected chi connectivity index (χ4v) is 3.32. The van der Waals surface area contributed by atoms with E-state index in [1.807, 2.05) is 25.1 Å². The fourth-order valence-electron chi connectivity index (χ4n) is 3.32. The van der Waals surface area contributed by atoms with Crippen molar-refractivity contribution < 1.29 is 19.3 Å². The summed E-state index contributed by atoms with van der Waals surface area (Å²) in [6.45, 7) is 5.04. The molecular formula is C20H25NO4. The monoisotopic (exact) mass is 343 g/mol. The SMILES string of the molecule is CCOC1CN(Cc2ccc(OC)cc2)Cc2cc(OC)c(O)cc21. The Labute approximate surface area is 148 Å². The number of nitrogens with zero attached hydrogens (tertiary/aromatic N) is 1. The molecule has 1 aliphatic rings. The van der Waals surface area contributed by atoms with Crippen molar-refractivity contribution in [3.05, 3.63) is 53.1 Å². The first-order chi connectivity index (χ1) is 12.1. The summed E-state index contributed by atoms with van der Waals surface area (Å²) in [6, 6.07) is 11.8. The number of ether oxygens (including phenoxy) is 3. The highest BCUT2D eigenvalue weighted by atomic mass is 16.5. The molecule has 0 amide bonds. The molecule has 2 aromatic carbocycles. The van der Waals surface area contributed by atoms with Crippen LogP contribution in [0.1, 0.15) is 29.7 Å². The van der Waals surface area contributed by atoms with Crippen molar-refractivity contribution in [2.24, 2.45) is 0 Å². The van der Waals surface area contributed by atoms with Crippen molar-refractivity contribution in [1.82, 2.24) is 4.90 Å². The largest absolute Gasteiger partial charge is 0.504 e. The van der Waals surface area contributed by atoms with Gasteiger partial charge in [-0.05, 0) is 47.9 Å². The van der Waals surface area contributed by atoms with Crippen LogP contribution in [0.25, 0.3) is 0 Å². The molecule has 5 heteroatoms. The molecule has 1 heterocycles. The van der Waals surface area contributed by atoms with E-state index in [4.69, 9.17) is 14.2 Å². The molecule has 0 spiro atoms. The zero-order valence-electron chi connectivity index (χ0n) is 15.0. The van der Waals surface area contributed by atoms with Gasteiger partial charge in [-0.3, -0.25) is 4.90 Å². The summed E-state index contributed by atoms with van der Waals surface area (Å²) in [5, 5.41) is 10.1. The molecule has 0 fully saturated rings. The number of fused-ring (bicyclic) bond motifs is 1. The highest BCUT2D eigenvalue weighted by Crippen LogP contribution is 2.37. The van der Waals surface area contributed by atoms with Gasteiger partial charge >= 0.3 is 0 Å². The van der Waals surface area contributed by atoms with E-state index in [-0.39, 0.29) is 11.9 Å². The van der Waals surface area contributed by atoms with Crippen LogP contribution in [0.5, 0.6) is 17.2 Å². The second kappa shape index (κ2) is 7.76. The Morgan fingerprint density at radius 2 is 1.88 bits per heavy atom. The first-order valence-electron chi connectivity index (χ1n) is 8.51. The third-order valence-corrected chi connectivity index (χ3v) is 4.54. The van der Waals surface area contributed by atoms with Gasteiger partial charge in [0.25, 0.3) is 0 Å². The Morgan fingerprint density at radius 1 is 1.12 bits per heavy atom. The molecule has 134 valence electrons. The van der Waals surface area contributed by atoms with E-state index < -0.39 is 0 Å². The van der Waals surface area contributed by atoms with Crippen molar-refractivity contribution in [3.63, 3.8) is 0 Å². The highest BCUT2D eigenvalue weighted by Gasteiger charge is 2.27. The van der Waals surface area contributed by atoms with Gasteiger partial charge in [-0.25, -0.2) is 0 Å². The maximum Gasteiger partial charge on any atom is 0.160 e. The van der Waals surface area contributed by atoms with Crippen LogP contribution in [0.3, 0.4) is 0 Å². The average molecular weight is 343 g/mol. The van der Waals surface area contributed by atoms with E-state index >= 15 is 0 Å². The van der Waals surface area contributed by atoms with Crippen LogP contribution in [0.2, 0.25) is 0 Å². The summed E-state index contributed by atoms with van der Waals surface area (Å²) in [6.07, 6.45) is -0.0520. The predicted molar refractivity (Wildman–Crippen MR) is 96.1 cm³/mol. The Kier molecular flexibility index (Phi) is 5.46. The number of phenolic OH excluding ortho intramolecular Hbond substituents is 1. The van der Waals surface area contributed by atoms with Crippen molar-refractivity contribution in [3.8, 4) is 17.2 Å². The van der Waals surface area contributed by atoms with Gasteiger partial charge in [0.15, 0.2) is 11.5 Å². The summed E-state index contributed by atoms with van der Waals surface area (Å²) in [5.74, 6) is 1.52. The maximum atomic E-state index is 10.1. The van der Waals surface area contributed by atoms with E-state index in [1.54, 1.807) is 20.3 Å².